The lowest BCUT2D eigenvalue weighted by Gasteiger charge is -2.09. The van der Waals surface area contributed by atoms with Crippen LogP contribution in [-0.4, -0.2) is 13.1 Å². The van der Waals surface area contributed by atoms with E-state index in [0.717, 1.165) is 11.3 Å². The molecule has 0 bridgehead atoms. The summed E-state index contributed by atoms with van der Waals surface area (Å²) in [6, 6.07) is 15.0. The molecule has 0 saturated heterocycles. The molecule has 98 valence electrons. The Bertz CT molecular complexity index is 570. The molecule has 0 heterocycles. The zero-order chi connectivity index (χ0) is 13.7. The largest absolute Gasteiger partial charge is 0.465 e. The minimum atomic E-state index is -0.385. The van der Waals surface area contributed by atoms with Crippen LogP contribution >= 0.6 is 11.6 Å². The second-order valence-electron chi connectivity index (χ2n) is 4.02. The molecule has 2 rings (SSSR count). The molecule has 3 nitrogen and oxygen atoms in total. The van der Waals surface area contributed by atoms with Crippen molar-refractivity contribution >= 4 is 23.3 Å². The predicted octanol–water partition coefficient (Wildman–Crippen LogP) is 3.74. The molecule has 0 aliphatic heterocycles. The van der Waals surface area contributed by atoms with Crippen LogP contribution in [0.5, 0.6) is 0 Å². The summed E-state index contributed by atoms with van der Waals surface area (Å²) in [6.07, 6.45) is 0. The van der Waals surface area contributed by atoms with Gasteiger partial charge in [-0.1, -0.05) is 35.9 Å². The molecule has 2 aromatic rings. The number of nitrogens with one attached hydrogen (secondary N) is 1. The molecule has 0 aromatic heterocycles. The first-order chi connectivity index (χ1) is 9.20. The van der Waals surface area contributed by atoms with Crippen LogP contribution in [0.3, 0.4) is 0 Å². The molecule has 0 spiro atoms. The Labute approximate surface area is 117 Å². The highest BCUT2D eigenvalue weighted by Gasteiger charge is 2.08. The van der Waals surface area contributed by atoms with Crippen molar-refractivity contribution in [2.24, 2.45) is 0 Å². The normalized spacial score (nSPS) is 10.0. The van der Waals surface area contributed by atoms with Crippen molar-refractivity contribution in [2.75, 3.05) is 12.4 Å². The number of para-hydroxylation sites is 1. The lowest BCUT2D eigenvalue weighted by Crippen LogP contribution is -2.04. The second-order valence-corrected chi connectivity index (χ2v) is 4.42. The SMILES string of the molecule is COC(=O)c1ccc(CNc2ccccc2)c(Cl)c1. The summed E-state index contributed by atoms with van der Waals surface area (Å²) in [5.41, 5.74) is 2.41. The van der Waals surface area contributed by atoms with Gasteiger partial charge in [-0.25, -0.2) is 4.79 Å². The summed E-state index contributed by atoms with van der Waals surface area (Å²) in [5, 5.41) is 3.81. The second kappa shape index (κ2) is 6.25. The topological polar surface area (TPSA) is 38.3 Å². The van der Waals surface area contributed by atoms with Crippen LogP contribution < -0.4 is 5.32 Å². The van der Waals surface area contributed by atoms with Crippen molar-refractivity contribution in [3.63, 3.8) is 0 Å². The zero-order valence-electron chi connectivity index (χ0n) is 10.5. The Balaban J connectivity index is 2.07. The molecule has 19 heavy (non-hydrogen) atoms. The van der Waals surface area contributed by atoms with Crippen molar-refractivity contribution in [3.05, 3.63) is 64.7 Å². The number of anilines is 1. The fourth-order valence-corrected chi connectivity index (χ4v) is 1.94. The highest BCUT2D eigenvalue weighted by molar-refractivity contribution is 6.31. The van der Waals surface area contributed by atoms with Crippen LogP contribution in [0.15, 0.2) is 48.5 Å². The van der Waals surface area contributed by atoms with E-state index in [2.05, 4.69) is 10.1 Å². The molecular formula is C15H14ClNO2. The maximum absolute atomic E-state index is 11.4. The van der Waals surface area contributed by atoms with Gasteiger partial charge in [0, 0.05) is 17.3 Å². The van der Waals surface area contributed by atoms with Crippen LogP contribution in [0.2, 0.25) is 5.02 Å². The summed E-state index contributed by atoms with van der Waals surface area (Å²) < 4.78 is 4.65. The molecule has 0 amide bonds. The zero-order valence-corrected chi connectivity index (χ0v) is 11.3. The van der Waals surface area contributed by atoms with Gasteiger partial charge in [-0.2, -0.15) is 0 Å². The van der Waals surface area contributed by atoms with Gasteiger partial charge in [0.2, 0.25) is 0 Å². The van der Waals surface area contributed by atoms with Gasteiger partial charge in [-0.05, 0) is 29.8 Å². The van der Waals surface area contributed by atoms with E-state index >= 15 is 0 Å². The van der Waals surface area contributed by atoms with Gasteiger partial charge in [-0.3, -0.25) is 0 Å². The van der Waals surface area contributed by atoms with Gasteiger partial charge < -0.3 is 10.1 Å². The van der Waals surface area contributed by atoms with Crippen LogP contribution in [0.4, 0.5) is 5.69 Å². The number of carbonyl (C=O) groups excluding carboxylic acids is 1. The molecule has 0 fully saturated rings. The van der Waals surface area contributed by atoms with Crippen LogP contribution in [-0.2, 0) is 11.3 Å². The quantitative estimate of drug-likeness (QED) is 0.864. The van der Waals surface area contributed by atoms with Crippen molar-refractivity contribution in [1.82, 2.24) is 0 Å². The molecule has 0 saturated carbocycles. The molecule has 0 aliphatic carbocycles. The average Bonchev–Trinajstić information content (AvgIpc) is 2.46. The van der Waals surface area contributed by atoms with Gasteiger partial charge >= 0.3 is 5.97 Å². The smallest absolute Gasteiger partial charge is 0.337 e. The van der Waals surface area contributed by atoms with Gasteiger partial charge in [0.05, 0.1) is 12.7 Å². The molecule has 0 aliphatic rings. The Morgan fingerprint density at radius 3 is 2.58 bits per heavy atom. The van der Waals surface area contributed by atoms with E-state index in [1.165, 1.54) is 7.11 Å². The third-order valence-corrected chi connectivity index (χ3v) is 3.08. The van der Waals surface area contributed by atoms with E-state index in [9.17, 15) is 4.79 Å². The van der Waals surface area contributed by atoms with Crippen molar-refractivity contribution in [1.29, 1.82) is 0 Å². The van der Waals surface area contributed by atoms with E-state index in [0.29, 0.717) is 17.1 Å². The number of hydrogen-bond donors (Lipinski definition) is 1. The summed E-state index contributed by atoms with van der Waals surface area (Å²) in [7, 11) is 1.35. The third-order valence-electron chi connectivity index (χ3n) is 2.73. The number of esters is 1. The first kappa shape index (κ1) is 13.4. The van der Waals surface area contributed by atoms with Crippen molar-refractivity contribution in [2.45, 2.75) is 6.54 Å². The van der Waals surface area contributed by atoms with Gasteiger partial charge in [0.15, 0.2) is 0 Å². The minimum Gasteiger partial charge on any atom is -0.465 e. The number of rotatable bonds is 4. The van der Waals surface area contributed by atoms with Crippen LogP contribution in [0.1, 0.15) is 15.9 Å². The first-order valence-electron chi connectivity index (χ1n) is 5.86. The number of halogens is 1. The van der Waals surface area contributed by atoms with E-state index < -0.39 is 0 Å². The van der Waals surface area contributed by atoms with Crippen molar-refractivity contribution < 1.29 is 9.53 Å². The Morgan fingerprint density at radius 2 is 1.95 bits per heavy atom. The summed E-state index contributed by atoms with van der Waals surface area (Å²) >= 11 is 6.15. The monoisotopic (exact) mass is 275 g/mol. The maximum Gasteiger partial charge on any atom is 0.337 e. The maximum atomic E-state index is 11.4. The van der Waals surface area contributed by atoms with E-state index in [1.54, 1.807) is 12.1 Å². The van der Waals surface area contributed by atoms with E-state index in [4.69, 9.17) is 11.6 Å². The predicted molar refractivity (Wildman–Crippen MR) is 76.6 cm³/mol. The number of ether oxygens (including phenoxy) is 1. The fourth-order valence-electron chi connectivity index (χ4n) is 1.69. The summed E-state index contributed by atoms with van der Waals surface area (Å²) in [4.78, 5) is 11.4. The molecule has 0 unspecified atom stereocenters. The highest BCUT2D eigenvalue weighted by atomic mass is 35.5. The first-order valence-corrected chi connectivity index (χ1v) is 6.24. The van der Waals surface area contributed by atoms with E-state index in [-0.39, 0.29) is 5.97 Å². The molecule has 2 aromatic carbocycles. The molecular weight excluding hydrogens is 262 g/mol. The number of carbonyl (C=O) groups is 1. The van der Waals surface area contributed by atoms with Gasteiger partial charge in [0.25, 0.3) is 0 Å². The lowest BCUT2D eigenvalue weighted by atomic mass is 10.1. The van der Waals surface area contributed by atoms with Gasteiger partial charge in [0.1, 0.15) is 0 Å². The molecule has 1 N–H and O–H groups in total. The number of methoxy groups -OCH3 is 1. The fraction of sp³-hybridized carbons (Fsp3) is 0.133. The third kappa shape index (κ3) is 3.48. The Kier molecular flexibility index (Phi) is 4.42. The van der Waals surface area contributed by atoms with E-state index in [1.807, 2.05) is 36.4 Å². The number of benzene rings is 2. The average molecular weight is 276 g/mol. The Morgan fingerprint density at radius 1 is 1.21 bits per heavy atom. The molecule has 0 atom stereocenters. The highest BCUT2D eigenvalue weighted by Crippen LogP contribution is 2.20. The minimum absolute atomic E-state index is 0.385. The lowest BCUT2D eigenvalue weighted by molar-refractivity contribution is 0.0600. The summed E-state index contributed by atoms with van der Waals surface area (Å²) in [6.45, 7) is 0.601. The van der Waals surface area contributed by atoms with Crippen LogP contribution in [0.25, 0.3) is 0 Å². The molecule has 0 radical (unpaired) electrons. The van der Waals surface area contributed by atoms with Crippen LogP contribution in [0, 0.1) is 0 Å². The standard InChI is InChI=1S/C15H14ClNO2/c1-19-15(18)11-7-8-12(14(16)9-11)10-17-13-5-3-2-4-6-13/h2-9,17H,10H2,1H3. The van der Waals surface area contributed by atoms with Gasteiger partial charge in [-0.15, -0.1) is 0 Å². The van der Waals surface area contributed by atoms with Crippen molar-refractivity contribution in [3.8, 4) is 0 Å². The Hall–Kier alpha value is -2.00. The number of hydrogen-bond acceptors (Lipinski definition) is 3. The summed E-state index contributed by atoms with van der Waals surface area (Å²) in [5.74, 6) is -0.385. The molecule has 4 heteroatoms.